The number of nitrogens with two attached hydrogens (primary N) is 1. The summed E-state index contributed by atoms with van der Waals surface area (Å²) in [6.45, 7) is 0.727. The number of rotatable bonds is 6. The molecule has 3 rings (SSSR count). The van der Waals surface area contributed by atoms with E-state index in [1.165, 1.54) is 0 Å². The second-order valence-electron chi connectivity index (χ2n) is 5.83. The minimum absolute atomic E-state index is 0.183. The fourth-order valence-corrected chi connectivity index (χ4v) is 2.35. The van der Waals surface area contributed by atoms with Gasteiger partial charge in [0, 0.05) is 12.4 Å². The Morgan fingerprint density at radius 3 is 1.56 bits per heavy atom. The Labute approximate surface area is 156 Å². The third-order valence-electron chi connectivity index (χ3n) is 3.62. The van der Waals surface area contributed by atoms with E-state index in [-0.39, 0.29) is 17.4 Å². The van der Waals surface area contributed by atoms with Gasteiger partial charge in [-0.2, -0.15) is 0 Å². The molecule has 7 heteroatoms. The zero-order valence-electron chi connectivity index (χ0n) is 14.5. The van der Waals surface area contributed by atoms with Crippen LogP contribution < -0.4 is 5.73 Å². The van der Waals surface area contributed by atoms with Crippen molar-refractivity contribution >= 4 is 18.4 Å². The molecule has 2 aromatic carbocycles. The zero-order valence-corrected chi connectivity index (χ0v) is 14.5. The first-order chi connectivity index (χ1) is 13.1. The smallest absolute Gasteiger partial charge is 0.220 e. The molecule has 0 aliphatic heterocycles. The first-order valence-electron chi connectivity index (χ1n) is 8.28. The fraction of sp³-hybridized carbons (Fsp3) is 0.100. The van der Waals surface area contributed by atoms with Crippen LogP contribution in [0.3, 0.4) is 0 Å². The van der Waals surface area contributed by atoms with Crippen molar-refractivity contribution in [1.29, 1.82) is 0 Å². The number of aromatic hydroxyl groups is 2. The third kappa shape index (κ3) is 5.64. The minimum atomic E-state index is 0.183. The summed E-state index contributed by atoms with van der Waals surface area (Å²) in [4.78, 5) is 17.1. The Hall–Kier alpha value is -3.74. The number of aliphatic imine (C=N–C) groups is 2. The molecule has 4 N–H and O–H groups in total. The first kappa shape index (κ1) is 18.1. The van der Waals surface area contributed by atoms with Gasteiger partial charge >= 0.3 is 0 Å². The molecular weight excluding hydrogens is 342 g/mol. The maximum absolute atomic E-state index is 9.28. The van der Waals surface area contributed by atoms with E-state index in [2.05, 4.69) is 20.0 Å². The Bertz CT molecular complexity index is 875. The lowest BCUT2D eigenvalue weighted by Gasteiger charge is -2.02. The van der Waals surface area contributed by atoms with Crippen LogP contribution in [0.1, 0.15) is 22.5 Å². The molecule has 27 heavy (non-hydrogen) atoms. The molecule has 0 radical (unpaired) electrons. The van der Waals surface area contributed by atoms with E-state index >= 15 is 0 Å². The Balaban J connectivity index is 1.63. The van der Waals surface area contributed by atoms with E-state index in [0.29, 0.717) is 24.5 Å². The summed E-state index contributed by atoms with van der Waals surface area (Å²) in [7, 11) is 0. The quantitative estimate of drug-likeness (QED) is 0.584. The van der Waals surface area contributed by atoms with Crippen LogP contribution in [0.5, 0.6) is 11.5 Å². The van der Waals surface area contributed by atoms with Crippen molar-refractivity contribution in [2.75, 3.05) is 5.73 Å². The molecule has 0 saturated heterocycles. The molecule has 0 aliphatic carbocycles. The molecule has 0 unspecified atom stereocenters. The van der Waals surface area contributed by atoms with E-state index in [9.17, 15) is 10.2 Å². The van der Waals surface area contributed by atoms with Crippen LogP contribution in [0.2, 0.25) is 0 Å². The highest BCUT2D eigenvalue weighted by atomic mass is 16.3. The maximum atomic E-state index is 9.28. The van der Waals surface area contributed by atoms with Crippen molar-refractivity contribution in [3.05, 3.63) is 77.1 Å². The average Bonchev–Trinajstić information content (AvgIpc) is 2.65. The number of hydrogen-bond acceptors (Lipinski definition) is 7. The number of phenolic OH excluding ortho intramolecular Hbond substituents is 2. The topological polar surface area (TPSA) is 117 Å². The summed E-state index contributed by atoms with van der Waals surface area (Å²) in [6, 6.07) is 15.3. The SMILES string of the molecule is Nc1nc(CN=Cc2ccc(O)cc2)cc(CN=Cc2ccc(O)cc2)n1. The van der Waals surface area contributed by atoms with Gasteiger partial charge in [-0.3, -0.25) is 9.98 Å². The molecule has 1 aromatic heterocycles. The summed E-state index contributed by atoms with van der Waals surface area (Å²) >= 11 is 0. The fourth-order valence-electron chi connectivity index (χ4n) is 2.35. The van der Waals surface area contributed by atoms with E-state index in [1.54, 1.807) is 61.0 Å². The summed E-state index contributed by atoms with van der Waals surface area (Å²) in [5, 5.41) is 18.6. The van der Waals surface area contributed by atoms with Crippen LogP contribution in [-0.2, 0) is 13.1 Å². The largest absolute Gasteiger partial charge is 0.508 e. The van der Waals surface area contributed by atoms with E-state index in [4.69, 9.17) is 5.73 Å². The van der Waals surface area contributed by atoms with Crippen LogP contribution in [0.15, 0.2) is 64.6 Å². The van der Waals surface area contributed by atoms with Crippen LogP contribution in [0.4, 0.5) is 5.95 Å². The molecule has 7 nitrogen and oxygen atoms in total. The van der Waals surface area contributed by atoms with Crippen molar-refractivity contribution in [2.45, 2.75) is 13.1 Å². The Morgan fingerprint density at radius 2 is 1.15 bits per heavy atom. The van der Waals surface area contributed by atoms with Gasteiger partial charge in [-0.15, -0.1) is 0 Å². The van der Waals surface area contributed by atoms with Gasteiger partial charge in [0.15, 0.2) is 0 Å². The highest BCUT2D eigenvalue weighted by Crippen LogP contribution is 2.10. The number of nitrogen functional groups attached to an aromatic ring is 1. The third-order valence-corrected chi connectivity index (χ3v) is 3.62. The number of hydrogen-bond donors (Lipinski definition) is 3. The standard InChI is InChI=1S/C20H19N5O2/c21-20-24-16(12-22-10-14-1-5-18(26)6-2-14)9-17(25-20)13-23-11-15-3-7-19(27)8-4-15/h1-11,26-27H,12-13H2,(H2,21,24,25). The summed E-state index contributed by atoms with van der Waals surface area (Å²) in [6.07, 6.45) is 3.42. The molecule has 0 aliphatic rings. The highest BCUT2D eigenvalue weighted by molar-refractivity contribution is 5.80. The van der Waals surface area contributed by atoms with Gasteiger partial charge in [0.05, 0.1) is 24.5 Å². The lowest BCUT2D eigenvalue weighted by Crippen LogP contribution is -2.02. The van der Waals surface area contributed by atoms with Crippen molar-refractivity contribution in [2.24, 2.45) is 9.98 Å². The maximum Gasteiger partial charge on any atom is 0.220 e. The zero-order chi connectivity index (χ0) is 19.1. The van der Waals surface area contributed by atoms with Gasteiger partial charge in [-0.25, -0.2) is 9.97 Å². The molecule has 0 fully saturated rings. The van der Waals surface area contributed by atoms with E-state index in [1.807, 2.05) is 6.07 Å². The van der Waals surface area contributed by atoms with Gasteiger partial charge in [-0.1, -0.05) is 0 Å². The molecule has 136 valence electrons. The summed E-state index contributed by atoms with van der Waals surface area (Å²) in [5.41, 5.74) is 8.95. The number of anilines is 1. The molecule has 0 bridgehead atoms. The van der Waals surface area contributed by atoms with Crippen LogP contribution in [0, 0.1) is 0 Å². The lowest BCUT2D eigenvalue weighted by molar-refractivity contribution is 0.475. The van der Waals surface area contributed by atoms with Gasteiger partial charge in [0.25, 0.3) is 0 Å². The summed E-state index contributed by atoms with van der Waals surface area (Å²) < 4.78 is 0. The van der Waals surface area contributed by atoms with E-state index < -0.39 is 0 Å². The average molecular weight is 361 g/mol. The monoisotopic (exact) mass is 361 g/mol. The van der Waals surface area contributed by atoms with E-state index in [0.717, 1.165) is 11.1 Å². The van der Waals surface area contributed by atoms with Crippen LogP contribution in [0.25, 0.3) is 0 Å². The van der Waals surface area contributed by atoms with Crippen LogP contribution >= 0.6 is 0 Å². The van der Waals surface area contributed by atoms with Gasteiger partial charge in [0.1, 0.15) is 11.5 Å². The molecule has 3 aromatic rings. The molecule has 0 amide bonds. The highest BCUT2D eigenvalue weighted by Gasteiger charge is 2.01. The second-order valence-corrected chi connectivity index (χ2v) is 5.83. The molecule has 0 atom stereocenters. The summed E-state index contributed by atoms with van der Waals surface area (Å²) in [5.74, 6) is 0.614. The van der Waals surface area contributed by atoms with Gasteiger partial charge in [-0.05, 0) is 65.7 Å². The van der Waals surface area contributed by atoms with Crippen molar-refractivity contribution < 1.29 is 10.2 Å². The minimum Gasteiger partial charge on any atom is -0.508 e. The number of nitrogens with zero attached hydrogens (tertiary/aromatic N) is 4. The molecule has 1 heterocycles. The number of benzene rings is 2. The Kier molecular flexibility index (Phi) is 5.73. The van der Waals surface area contributed by atoms with Crippen molar-refractivity contribution in [1.82, 2.24) is 9.97 Å². The predicted molar refractivity (Wildman–Crippen MR) is 105 cm³/mol. The first-order valence-corrected chi connectivity index (χ1v) is 8.28. The lowest BCUT2D eigenvalue weighted by atomic mass is 10.2. The predicted octanol–water partition coefficient (Wildman–Crippen LogP) is 2.71. The van der Waals surface area contributed by atoms with Gasteiger partial charge < -0.3 is 15.9 Å². The second kappa shape index (κ2) is 8.57. The van der Waals surface area contributed by atoms with Crippen molar-refractivity contribution in [3.8, 4) is 11.5 Å². The molecule has 0 saturated carbocycles. The molecular formula is C20H19N5O2. The normalized spacial score (nSPS) is 11.4. The molecule has 0 spiro atoms. The van der Waals surface area contributed by atoms with Gasteiger partial charge in [0.2, 0.25) is 5.95 Å². The van der Waals surface area contributed by atoms with Crippen molar-refractivity contribution in [3.63, 3.8) is 0 Å². The van der Waals surface area contributed by atoms with Crippen LogP contribution in [-0.4, -0.2) is 32.6 Å². The Morgan fingerprint density at radius 1 is 0.741 bits per heavy atom. The number of aromatic nitrogens is 2. The number of phenols is 2.